The van der Waals surface area contributed by atoms with Crippen molar-refractivity contribution in [3.8, 4) is 0 Å². The van der Waals surface area contributed by atoms with Gasteiger partial charge in [0.25, 0.3) is 5.56 Å². The fourth-order valence-electron chi connectivity index (χ4n) is 2.03. The lowest BCUT2D eigenvalue weighted by Gasteiger charge is -2.11. The van der Waals surface area contributed by atoms with E-state index < -0.39 is 29.8 Å². The molecule has 24 heavy (non-hydrogen) atoms. The Hall–Kier alpha value is -2.28. The van der Waals surface area contributed by atoms with E-state index in [0.717, 1.165) is 16.2 Å². The third kappa shape index (κ3) is 5.13. The minimum Gasteiger partial charge on any atom is -0.354 e. The summed E-state index contributed by atoms with van der Waals surface area (Å²) in [6, 6.07) is 8.56. The zero-order valence-electron chi connectivity index (χ0n) is 12.4. The molecule has 8 heteroatoms. The van der Waals surface area contributed by atoms with Crippen LogP contribution in [-0.2, 0) is 23.9 Å². The van der Waals surface area contributed by atoms with Crippen LogP contribution >= 0.6 is 11.6 Å². The number of alkyl halides is 3. The number of benzene rings is 1. The summed E-state index contributed by atoms with van der Waals surface area (Å²) in [6.07, 6.45) is -3.39. The van der Waals surface area contributed by atoms with E-state index in [2.05, 4.69) is 5.32 Å². The molecule has 0 unspecified atom stereocenters. The Bertz CT molecular complexity index is 770. The van der Waals surface area contributed by atoms with Gasteiger partial charge in [0.1, 0.15) is 6.54 Å². The number of hydrogen-bond acceptors (Lipinski definition) is 2. The monoisotopic (exact) mass is 358 g/mol. The molecule has 2 aromatic rings. The second kappa shape index (κ2) is 7.53. The molecule has 1 heterocycles. The van der Waals surface area contributed by atoms with Crippen molar-refractivity contribution in [1.29, 1.82) is 0 Å². The van der Waals surface area contributed by atoms with Crippen LogP contribution in [0.2, 0.25) is 5.02 Å². The molecule has 4 nitrogen and oxygen atoms in total. The maximum Gasteiger partial charge on any atom is 0.417 e. The van der Waals surface area contributed by atoms with Gasteiger partial charge in [-0.25, -0.2) is 0 Å². The molecular formula is C16H14ClF3N2O2. The van der Waals surface area contributed by atoms with E-state index in [4.69, 9.17) is 11.6 Å². The van der Waals surface area contributed by atoms with Crippen molar-refractivity contribution in [3.63, 3.8) is 0 Å². The molecule has 0 saturated heterocycles. The molecule has 1 aromatic carbocycles. The van der Waals surface area contributed by atoms with Gasteiger partial charge in [0.15, 0.2) is 0 Å². The maximum absolute atomic E-state index is 12.6. The first-order valence-electron chi connectivity index (χ1n) is 7.04. The van der Waals surface area contributed by atoms with Gasteiger partial charge in [-0.3, -0.25) is 9.59 Å². The van der Waals surface area contributed by atoms with Crippen LogP contribution in [0.4, 0.5) is 13.2 Å². The predicted octanol–water partition coefficient (Wildman–Crippen LogP) is 2.88. The normalized spacial score (nSPS) is 11.3. The first-order chi connectivity index (χ1) is 11.3. The summed E-state index contributed by atoms with van der Waals surface area (Å²) in [4.78, 5) is 23.4. The molecule has 1 aromatic heterocycles. The summed E-state index contributed by atoms with van der Waals surface area (Å²) in [5.74, 6) is -0.537. The highest BCUT2D eigenvalue weighted by Gasteiger charge is 2.31. The van der Waals surface area contributed by atoms with Crippen LogP contribution in [0.3, 0.4) is 0 Å². The molecule has 2 rings (SSSR count). The number of carbonyl (C=O) groups is 1. The van der Waals surface area contributed by atoms with E-state index in [1.54, 1.807) is 12.1 Å². The fourth-order valence-corrected chi connectivity index (χ4v) is 2.16. The van der Waals surface area contributed by atoms with Crippen LogP contribution in [0.25, 0.3) is 0 Å². The number of pyridine rings is 1. The number of halogens is 4. The van der Waals surface area contributed by atoms with Crippen LogP contribution in [0.15, 0.2) is 47.4 Å². The molecule has 0 saturated carbocycles. The van der Waals surface area contributed by atoms with Gasteiger partial charge in [0, 0.05) is 23.8 Å². The number of hydrogen-bond donors (Lipinski definition) is 1. The fraction of sp³-hybridized carbons (Fsp3) is 0.250. The number of nitrogens with zero attached hydrogens (tertiary/aromatic N) is 1. The second-order valence-electron chi connectivity index (χ2n) is 5.11. The number of carbonyl (C=O) groups excluding carboxylic acids is 1. The predicted molar refractivity (Wildman–Crippen MR) is 83.9 cm³/mol. The van der Waals surface area contributed by atoms with E-state index in [0.29, 0.717) is 30.3 Å². The first kappa shape index (κ1) is 18.1. The van der Waals surface area contributed by atoms with Crippen molar-refractivity contribution < 1.29 is 18.0 Å². The molecule has 0 aliphatic rings. The van der Waals surface area contributed by atoms with Gasteiger partial charge in [0.2, 0.25) is 5.91 Å². The largest absolute Gasteiger partial charge is 0.417 e. The van der Waals surface area contributed by atoms with Crippen LogP contribution < -0.4 is 10.9 Å². The van der Waals surface area contributed by atoms with E-state index >= 15 is 0 Å². The van der Waals surface area contributed by atoms with Crippen molar-refractivity contribution in [1.82, 2.24) is 9.88 Å². The first-order valence-corrected chi connectivity index (χ1v) is 7.42. The summed E-state index contributed by atoms with van der Waals surface area (Å²) in [6.45, 7) is -0.169. The zero-order valence-corrected chi connectivity index (χ0v) is 13.2. The Morgan fingerprint density at radius 3 is 2.42 bits per heavy atom. The summed E-state index contributed by atoms with van der Waals surface area (Å²) in [7, 11) is 0. The lowest BCUT2D eigenvalue weighted by molar-refractivity contribution is -0.138. The van der Waals surface area contributed by atoms with Gasteiger partial charge in [-0.15, -0.1) is 0 Å². The minimum absolute atomic E-state index is 0.300. The molecule has 1 N–H and O–H groups in total. The van der Waals surface area contributed by atoms with Crippen LogP contribution in [0.1, 0.15) is 11.1 Å². The molecule has 0 aliphatic heterocycles. The van der Waals surface area contributed by atoms with Crippen LogP contribution in [-0.4, -0.2) is 17.0 Å². The lowest BCUT2D eigenvalue weighted by atomic mass is 10.1. The highest BCUT2D eigenvalue weighted by atomic mass is 35.5. The molecule has 0 atom stereocenters. The molecule has 0 aliphatic carbocycles. The van der Waals surface area contributed by atoms with E-state index in [1.807, 2.05) is 12.1 Å². The highest BCUT2D eigenvalue weighted by molar-refractivity contribution is 6.30. The van der Waals surface area contributed by atoms with Gasteiger partial charge < -0.3 is 9.88 Å². The summed E-state index contributed by atoms with van der Waals surface area (Å²) in [5.41, 5.74) is -0.692. The number of aromatic nitrogens is 1. The second-order valence-corrected chi connectivity index (χ2v) is 5.54. The number of amides is 1. The molecule has 128 valence electrons. The van der Waals surface area contributed by atoms with Crippen LogP contribution in [0, 0.1) is 0 Å². The van der Waals surface area contributed by atoms with Gasteiger partial charge in [-0.05, 0) is 30.2 Å². The topological polar surface area (TPSA) is 51.1 Å². The quantitative estimate of drug-likeness (QED) is 0.893. The Kier molecular flexibility index (Phi) is 5.66. The molecule has 0 fully saturated rings. The summed E-state index contributed by atoms with van der Waals surface area (Å²) >= 11 is 5.76. The Labute approximate surface area is 140 Å². The molecule has 0 radical (unpaired) electrons. The van der Waals surface area contributed by atoms with Crippen molar-refractivity contribution in [2.24, 2.45) is 0 Å². The third-order valence-corrected chi connectivity index (χ3v) is 3.53. The van der Waals surface area contributed by atoms with E-state index in [9.17, 15) is 22.8 Å². The average molecular weight is 359 g/mol. The summed E-state index contributed by atoms with van der Waals surface area (Å²) < 4.78 is 38.6. The minimum atomic E-state index is -4.57. The number of rotatable bonds is 5. The van der Waals surface area contributed by atoms with Crippen molar-refractivity contribution in [2.45, 2.75) is 19.1 Å². The highest BCUT2D eigenvalue weighted by Crippen LogP contribution is 2.27. The van der Waals surface area contributed by atoms with E-state index in [-0.39, 0.29) is 0 Å². The van der Waals surface area contributed by atoms with Gasteiger partial charge in [0.05, 0.1) is 5.56 Å². The molecule has 0 spiro atoms. The Morgan fingerprint density at radius 1 is 1.12 bits per heavy atom. The van der Waals surface area contributed by atoms with Crippen molar-refractivity contribution in [2.75, 3.05) is 6.54 Å². The van der Waals surface area contributed by atoms with Crippen molar-refractivity contribution >= 4 is 17.5 Å². The lowest BCUT2D eigenvalue weighted by Crippen LogP contribution is -2.33. The van der Waals surface area contributed by atoms with Gasteiger partial charge >= 0.3 is 6.18 Å². The molecule has 0 bridgehead atoms. The average Bonchev–Trinajstić information content (AvgIpc) is 2.50. The molecule has 1 amide bonds. The van der Waals surface area contributed by atoms with Gasteiger partial charge in [-0.2, -0.15) is 13.2 Å². The standard InChI is InChI=1S/C16H14ClF3N2O2/c17-13-4-1-11(2-5-13)7-8-21-14(23)10-22-9-12(16(18,19)20)3-6-15(22)24/h1-6,9H,7-8,10H2,(H,21,23). The SMILES string of the molecule is O=C(Cn1cc(C(F)(F)F)ccc1=O)NCCc1ccc(Cl)cc1. The zero-order chi connectivity index (χ0) is 17.7. The van der Waals surface area contributed by atoms with E-state index in [1.165, 1.54) is 0 Å². The molecular weight excluding hydrogens is 345 g/mol. The number of nitrogens with one attached hydrogen (secondary N) is 1. The van der Waals surface area contributed by atoms with Gasteiger partial charge in [-0.1, -0.05) is 23.7 Å². The maximum atomic E-state index is 12.6. The Balaban J connectivity index is 1.92. The van der Waals surface area contributed by atoms with Crippen molar-refractivity contribution in [3.05, 3.63) is 69.1 Å². The summed E-state index contributed by atoms with van der Waals surface area (Å²) in [5, 5.41) is 3.17. The Morgan fingerprint density at radius 2 is 1.79 bits per heavy atom. The third-order valence-electron chi connectivity index (χ3n) is 3.27. The van der Waals surface area contributed by atoms with Crippen LogP contribution in [0.5, 0.6) is 0 Å². The smallest absolute Gasteiger partial charge is 0.354 e.